The second kappa shape index (κ2) is 13.1. The highest BCUT2D eigenvalue weighted by Gasteiger charge is 2.22. The van der Waals surface area contributed by atoms with Crippen LogP contribution in [0.1, 0.15) is 30.3 Å². The summed E-state index contributed by atoms with van der Waals surface area (Å²) < 4.78 is 9.16. The molecule has 43 heavy (non-hydrogen) atoms. The van der Waals surface area contributed by atoms with Crippen molar-refractivity contribution in [2.45, 2.75) is 39.4 Å². The normalized spacial score (nSPS) is 11.2. The SMILES string of the molecule is CCCn1c(=O)n(CCCOC)c(=O)c2[nH]c(-c3ccc(N(CCn4cnccc4=O)C(=O)c4cnccn4)nc3)nc21. The number of aromatic amines is 1. The summed E-state index contributed by atoms with van der Waals surface area (Å²) >= 11 is 0. The van der Waals surface area contributed by atoms with Gasteiger partial charge in [0.1, 0.15) is 22.9 Å². The van der Waals surface area contributed by atoms with Crippen molar-refractivity contribution in [1.82, 2.24) is 43.6 Å². The number of imidazole rings is 1. The van der Waals surface area contributed by atoms with Gasteiger partial charge in [-0.1, -0.05) is 6.92 Å². The van der Waals surface area contributed by atoms with E-state index in [4.69, 9.17) is 4.74 Å². The minimum Gasteiger partial charge on any atom is -0.385 e. The summed E-state index contributed by atoms with van der Waals surface area (Å²) in [5, 5.41) is 0. The summed E-state index contributed by atoms with van der Waals surface area (Å²) in [6.45, 7) is 3.23. The fraction of sp³-hybridized carbons (Fsp3) is 0.321. The molecule has 0 spiro atoms. The predicted octanol–water partition coefficient (Wildman–Crippen LogP) is 1.09. The maximum Gasteiger partial charge on any atom is 0.332 e. The molecule has 15 nitrogen and oxygen atoms in total. The number of carbonyl (C=O) groups is 1. The van der Waals surface area contributed by atoms with Gasteiger partial charge in [-0.05, 0) is 25.0 Å². The van der Waals surface area contributed by atoms with Crippen molar-refractivity contribution in [3.63, 3.8) is 0 Å². The Bertz CT molecular complexity index is 1890. The van der Waals surface area contributed by atoms with Gasteiger partial charge in [-0.3, -0.25) is 38.0 Å². The smallest absolute Gasteiger partial charge is 0.332 e. The number of methoxy groups -OCH3 is 1. The number of pyridine rings is 1. The van der Waals surface area contributed by atoms with Crippen LogP contribution >= 0.6 is 0 Å². The third-order valence-electron chi connectivity index (χ3n) is 6.72. The molecule has 0 aliphatic heterocycles. The Morgan fingerprint density at radius 1 is 0.977 bits per heavy atom. The van der Waals surface area contributed by atoms with Crippen molar-refractivity contribution in [2.75, 3.05) is 25.2 Å². The number of hydrogen-bond donors (Lipinski definition) is 1. The number of nitrogens with zero attached hydrogens (tertiary/aromatic N) is 9. The van der Waals surface area contributed by atoms with Crippen molar-refractivity contribution >= 4 is 22.9 Å². The molecule has 0 saturated heterocycles. The summed E-state index contributed by atoms with van der Waals surface area (Å²) in [4.78, 5) is 77.6. The number of fused-ring (bicyclic) bond motifs is 1. The van der Waals surface area contributed by atoms with E-state index in [1.54, 1.807) is 19.2 Å². The molecule has 0 aliphatic rings. The molecule has 0 fully saturated rings. The quantitative estimate of drug-likeness (QED) is 0.208. The van der Waals surface area contributed by atoms with Gasteiger partial charge in [-0.15, -0.1) is 0 Å². The zero-order valence-electron chi connectivity index (χ0n) is 23.7. The molecule has 0 aliphatic carbocycles. The van der Waals surface area contributed by atoms with Crippen LogP contribution in [0.2, 0.25) is 0 Å². The molecule has 1 N–H and O–H groups in total. The number of anilines is 1. The molecule has 5 aromatic rings. The van der Waals surface area contributed by atoms with Crippen molar-refractivity contribution < 1.29 is 9.53 Å². The Morgan fingerprint density at radius 2 is 1.84 bits per heavy atom. The molecule has 0 unspecified atom stereocenters. The third kappa shape index (κ3) is 6.16. The average molecular weight is 587 g/mol. The number of aromatic nitrogens is 9. The van der Waals surface area contributed by atoms with E-state index in [0.29, 0.717) is 43.2 Å². The number of carbonyl (C=O) groups excluding carboxylic acids is 1. The largest absolute Gasteiger partial charge is 0.385 e. The Labute approximate surface area is 244 Å². The average Bonchev–Trinajstić information content (AvgIpc) is 3.48. The highest BCUT2D eigenvalue weighted by atomic mass is 16.5. The van der Waals surface area contributed by atoms with E-state index < -0.39 is 17.2 Å². The maximum absolute atomic E-state index is 13.4. The topological polar surface area (TPSA) is 176 Å². The number of aryl methyl sites for hydroxylation is 1. The molecule has 5 heterocycles. The minimum atomic E-state index is -0.460. The molecule has 0 radical (unpaired) electrons. The monoisotopic (exact) mass is 586 g/mol. The van der Waals surface area contributed by atoms with E-state index in [1.807, 2.05) is 6.92 Å². The second-order valence-electron chi connectivity index (χ2n) is 9.59. The van der Waals surface area contributed by atoms with Crippen LogP contribution in [0.5, 0.6) is 0 Å². The van der Waals surface area contributed by atoms with Gasteiger partial charge in [-0.2, -0.15) is 0 Å². The van der Waals surface area contributed by atoms with Crippen LogP contribution < -0.4 is 21.7 Å². The van der Waals surface area contributed by atoms with E-state index in [0.717, 1.165) is 0 Å². The molecule has 5 aromatic heterocycles. The first kappa shape index (κ1) is 29.2. The second-order valence-corrected chi connectivity index (χ2v) is 9.59. The number of hydrogen-bond acceptors (Lipinski definition) is 10. The number of rotatable bonds is 12. The Morgan fingerprint density at radius 3 is 2.53 bits per heavy atom. The highest BCUT2D eigenvalue weighted by molar-refractivity contribution is 6.04. The Hall–Kier alpha value is -5.31. The third-order valence-corrected chi connectivity index (χ3v) is 6.72. The molecule has 15 heteroatoms. The van der Waals surface area contributed by atoms with Gasteiger partial charge in [0, 0.05) is 76.3 Å². The van der Waals surface area contributed by atoms with Gasteiger partial charge in [0.05, 0.1) is 12.5 Å². The first-order chi connectivity index (χ1) is 20.9. The predicted molar refractivity (Wildman–Crippen MR) is 157 cm³/mol. The van der Waals surface area contributed by atoms with E-state index in [1.165, 1.54) is 62.0 Å². The zero-order valence-corrected chi connectivity index (χ0v) is 23.7. The number of H-pyrrole nitrogens is 1. The van der Waals surface area contributed by atoms with E-state index in [-0.39, 0.29) is 42.1 Å². The molecular formula is C28H30N10O5. The molecule has 1 amide bonds. The number of ether oxygens (including phenoxy) is 1. The summed E-state index contributed by atoms with van der Waals surface area (Å²) in [6, 6.07) is 4.67. The molecule has 5 rings (SSSR count). The van der Waals surface area contributed by atoms with Gasteiger partial charge in [0.25, 0.3) is 17.0 Å². The van der Waals surface area contributed by atoms with Crippen LogP contribution in [0.4, 0.5) is 5.82 Å². The fourth-order valence-corrected chi connectivity index (χ4v) is 4.60. The van der Waals surface area contributed by atoms with E-state index in [9.17, 15) is 19.2 Å². The first-order valence-electron chi connectivity index (χ1n) is 13.7. The van der Waals surface area contributed by atoms with Gasteiger partial charge in [0.15, 0.2) is 5.65 Å². The lowest BCUT2D eigenvalue weighted by Crippen LogP contribution is -2.40. The van der Waals surface area contributed by atoms with Crippen LogP contribution in [0.15, 0.2) is 69.9 Å². The number of amides is 1. The summed E-state index contributed by atoms with van der Waals surface area (Å²) in [6.07, 6.45) is 9.72. The van der Waals surface area contributed by atoms with Crippen molar-refractivity contribution in [1.29, 1.82) is 0 Å². The summed E-state index contributed by atoms with van der Waals surface area (Å²) in [5.74, 6) is 0.196. The Kier molecular flexibility index (Phi) is 8.90. The number of nitrogens with one attached hydrogen (secondary N) is 1. The zero-order chi connectivity index (χ0) is 30.3. The van der Waals surface area contributed by atoms with Crippen LogP contribution in [0.3, 0.4) is 0 Å². The highest BCUT2D eigenvalue weighted by Crippen LogP contribution is 2.21. The Balaban J connectivity index is 1.50. The molecule has 0 saturated carbocycles. The van der Waals surface area contributed by atoms with Crippen molar-refractivity contribution in [3.8, 4) is 11.4 Å². The van der Waals surface area contributed by atoms with Crippen molar-refractivity contribution in [2.24, 2.45) is 0 Å². The van der Waals surface area contributed by atoms with Gasteiger partial charge in [-0.25, -0.2) is 24.7 Å². The van der Waals surface area contributed by atoms with Gasteiger partial charge >= 0.3 is 5.69 Å². The fourth-order valence-electron chi connectivity index (χ4n) is 4.60. The van der Waals surface area contributed by atoms with Crippen LogP contribution in [-0.2, 0) is 24.4 Å². The standard InChI is InChI=1S/C28H30N10O5/c1-3-11-37-25-23(27(41)38(28(37)42)12-4-15-43-2)33-24(34-25)19-5-6-21(32-16-19)36(26(40)20-17-29-9-10-31-20)14-13-35-18-30-8-7-22(35)39/h5-10,16-18H,3-4,11-15H2,1-2H3,(H,33,34). The van der Waals surface area contributed by atoms with Gasteiger partial charge < -0.3 is 9.72 Å². The van der Waals surface area contributed by atoms with Gasteiger partial charge in [0.2, 0.25) is 0 Å². The molecule has 222 valence electrons. The summed E-state index contributed by atoms with van der Waals surface area (Å²) in [5.41, 5.74) is -0.0114. The minimum absolute atomic E-state index is 0.101. The summed E-state index contributed by atoms with van der Waals surface area (Å²) in [7, 11) is 1.56. The first-order valence-corrected chi connectivity index (χ1v) is 13.7. The molecule has 0 aromatic carbocycles. The van der Waals surface area contributed by atoms with Crippen molar-refractivity contribution in [3.05, 3.63) is 92.4 Å². The van der Waals surface area contributed by atoms with Crippen LogP contribution in [-0.4, -0.2) is 69.8 Å². The maximum atomic E-state index is 13.4. The lowest BCUT2D eigenvalue weighted by molar-refractivity contribution is 0.0980. The molecular weight excluding hydrogens is 556 g/mol. The van der Waals surface area contributed by atoms with E-state index in [2.05, 4.69) is 29.9 Å². The van der Waals surface area contributed by atoms with Crippen LogP contribution in [0.25, 0.3) is 22.6 Å². The lowest BCUT2D eigenvalue weighted by atomic mass is 10.2. The van der Waals surface area contributed by atoms with Crippen LogP contribution in [0, 0.1) is 0 Å². The van der Waals surface area contributed by atoms with E-state index >= 15 is 0 Å². The lowest BCUT2D eigenvalue weighted by Gasteiger charge is -2.21. The molecule has 0 bridgehead atoms. The molecule has 0 atom stereocenters.